The van der Waals surface area contributed by atoms with Crippen molar-refractivity contribution in [1.82, 2.24) is 4.98 Å². The first-order valence-corrected chi connectivity index (χ1v) is 5.93. The van der Waals surface area contributed by atoms with Crippen LogP contribution in [0.1, 0.15) is 6.92 Å². The van der Waals surface area contributed by atoms with Crippen LogP contribution < -0.4 is 5.32 Å². The fourth-order valence-electron chi connectivity index (χ4n) is 1.34. The van der Waals surface area contributed by atoms with E-state index in [1.165, 1.54) is 17.4 Å². The van der Waals surface area contributed by atoms with E-state index in [0.29, 0.717) is 10.7 Å². The molecular formula is C11H9ClN2OS. The first-order chi connectivity index (χ1) is 7.72. The maximum atomic E-state index is 11.4. The summed E-state index contributed by atoms with van der Waals surface area (Å²) < 4.78 is 1.00. The molecule has 1 heterocycles. The minimum Gasteiger partial charge on any atom is -0.319 e. The van der Waals surface area contributed by atoms with Crippen LogP contribution in [0.5, 0.6) is 0 Å². The van der Waals surface area contributed by atoms with Crippen LogP contribution in [0.4, 0.5) is 5.69 Å². The molecular weight excluding hydrogens is 244 g/mol. The molecule has 1 N–H and O–H groups in total. The second-order valence-corrected chi connectivity index (χ2v) is 4.40. The third-order valence-corrected chi connectivity index (χ3v) is 3.13. The molecule has 3 nitrogen and oxygen atoms in total. The smallest absolute Gasteiger partial charge is 0.248 e. The van der Waals surface area contributed by atoms with Gasteiger partial charge in [-0.1, -0.05) is 17.7 Å². The van der Waals surface area contributed by atoms with Gasteiger partial charge in [-0.05, 0) is 25.1 Å². The lowest BCUT2D eigenvalue weighted by atomic mass is 10.3. The summed E-state index contributed by atoms with van der Waals surface area (Å²) in [6.45, 7) is 1.78. The van der Waals surface area contributed by atoms with Crippen LogP contribution in [0.15, 0.2) is 29.8 Å². The van der Waals surface area contributed by atoms with E-state index in [2.05, 4.69) is 10.3 Å². The first kappa shape index (κ1) is 11.1. The number of hydrogen-bond acceptors (Lipinski definition) is 3. The highest BCUT2D eigenvalue weighted by molar-refractivity contribution is 7.16. The molecule has 2 rings (SSSR count). The van der Waals surface area contributed by atoms with Crippen LogP contribution >= 0.6 is 22.9 Å². The fraction of sp³-hybridized carbons (Fsp3) is 0.0909. The molecule has 0 aliphatic heterocycles. The number of halogens is 1. The van der Waals surface area contributed by atoms with Crippen LogP contribution in [-0.4, -0.2) is 10.9 Å². The zero-order valence-corrected chi connectivity index (χ0v) is 10.1. The molecule has 0 spiro atoms. The Labute approximate surface area is 102 Å². The third-order valence-electron chi connectivity index (χ3n) is 2.02. The van der Waals surface area contributed by atoms with Gasteiger partial charge < -0.3 is 5.32 Å². The largest absolute Gasteiger partial charge is 0.319 e. The highest BCUT2D eigenvalue weighted by Crippen LogP contribution is 2.32. The summed E-state index contributed by atoms with van der Waals surface area (Å²) in [4.78, 5) is 15.6. The van der Waals surface area contributed by atoms with Gasteiger partial charge in [-0.3, -0.25) is 4.79 Å². The standard InChI is InChI=1S/C11H9ClN2OS/c1-2-3-9(15)14-10-7(12)4-5-8-11(10)13-6-16-8/h2-6H,1H3,(H,14,15). The first-order valence-electron chi connectivity index (χ1n) is 4.67. The predicted octanol–water partition coefficient (Wildman–Crippen LogP) is 3.46. The molecule has 5 heteroatoms. The highest BCUT2D eigenvalue weighted by Gasteiger charge is 2.10. The van der Waals surface area contributed by atoms with Crippen molar-refractivity contribution in [3.8, 4) is 0 Å². The van der Waals surface area contributed by atoms with Crippen LogP contribution in [0.25, 0.3) is 10.2 Å². The van der Waals surface area contributed by atoms with E-state index < -0.39 is 0 Å². The van der Waals surface area contributed by atoms with Gasteiger partial charge in [0.1, 0.15) is 5.52 Å². The SMILES string of the molecule is CC=CC(=O)Nc1c(Cl)ccc2scnc12. The zero-order chi connectivity index (χ0) is 11.5. The average molecular weight is 253 g/mol. The molecule has 2 aromatic rings. The van der Waals surface area contributed by atoms with E-state index in [0.717, 1.165) is 10.2 Å². The number of amides is 1. The van der Waals surface area contributed by atoms with E-state index >= 15 is 0 Å². The maximum Gasteiger partial charge on any atom is 0.248 e. The van der Waals surface area contributed by atoms with Gasteiger partial charge in [0.2, 0.25) is 5.91 Å². The van der Waals surface area contributed by atoms with E-state index in [4.69, 9.17) is 11.6 Å². The lowest BCUT2D eigenvalue weighted by molar-refractivity contribution is -0.111. The number of rotatable bonds is 2. The minimum atomic E-state index is -0.204. The van der Waals surface area contributed by atoms with Crippen molar-refractivity contribution in [1.29, 1.82) is 0 Å². The lowest BCUT2D eigenvalue weighted by Crippen LogP contribution is -2.08. The molecule has 1 aromatic carbocycles. The van der Waals surface area contributed by atoms with E-state index in [1.54, 1.807) is 24.6 Å². The molecule has 0 aliphatic rings. The topological polar surface area (TPSA) is 42.0 Å². The van der Waals surface area contributed by atoms with Crippen molar-refractivity contribution in [3.63, 3.8) is 0 Å². The van der Waals surface area contributed by atoms with Crippen molar-refractivity contribution >= 4 is 44.7 Å². The number of fused-ring (bicyclic) bond motifs is 1. The summed E-state index contributed by atoms with van der Waals surface area (Å²) in [5.74, 6) is -0.204. The quantitative estimate of drug-likeness (QED) is 0.832. The number of nitrogens with zero attached hydrogens (tertiary/aromatic N) is 1. The number of benzene rings is 1. The second-order valence-electron chi connectivity index (χ2n) is 3.11. The molecule has 1 amide bonds. The van der Waals surface area contributed by atoms with E-state index in [-0.39, 0.29) is 5.91 Å². The van der Waals surface area contributed by atoms with Crippen LogP contribution in [0.3, 0.4) is 0 Å². The molecule has 16 heavy (non-hydrogen) atoms. The Morgan fingerprint density at radius 2 is 2.38 bits per heavy atom. The number of hydrogen-bond donors (Lipinski definition) is 1. The molecule has 0 unspecified atom stereocenters. The van der Waals surface area contributed by atoms with Crippen molar-refractivity contribution in [2.75, 3.05) is 5.32 Å². The molecule has 82 valence electrons. The summed E-state index contributed by atoms with van der Waals surface area (Å²) in [6, 6.07) is 3.65. The summed E-state index contributed by atoms with van der Waals surface area (Å²) in [7, 11) is 0. The Kier molecular flexibility index (Phi) is 3.22. The number of nitrogens with one attached hydrogen (secondary N) is 1. The predicted molar refractivity (Wildman–Crippen MR) is 68.1 cm³/mol. The number of thiazole rings is 1. The molecule has 0 radical (unpaired) electrons. The number of carbonyl (C=O) groups is 1. The van der Waals surface area contributed by atoms with Crippen molar-refractivity contribution in [2.24, 2.45) is 0 Å². The average Bonchev–Trinajstić information content (AvgIpc) is 2.71. The molecule has 0 fully saturated rings. The second kappa shape index (κ2) is 4.63. The lowest BCUT2D eigenvalue weighted by Gasteiger charge is -2.05. The van der Waals surface area contributed by atoms with E-state index in [9.17, 15) is 4.79 Å². The Morgan fingerprint density at radius 1 is 1.56 bits per heavy atom. The molecule has 0 atom stereocenters. The van der Waals surface area contributed by atoms with Crippen molar-refractivity contribution in [2.45, 2.75) is 6.92 Å². The number of allylic oxidation sites excluding steroid dienone is 1. The van der Waals surface area contributed by atoms with Crippen molar-refractivity contribution in [3.05, 3.63) is 34.8 Å². The number of carbonyl (C=O) groups excluding carboxylic acids is 1. The van der Waals surface area contributed by atoms with Gasteiger partial charge in [-0.2, -0.15) is 0 Å². The molecule has 0 saturated carbocycles. The summed E-state index contributed by atoms with van der Waals surface area (Å²) in [5, 5.41) is 3.22. The summed E-state index contributed by atoms with van der Waals surface area (Å²) in [5.41, 5.74) is 3.03. The monoisotopic (exact) mass is 252 g/mol. The highest BCUT2D eigenvalue weighted by atomic mass is 35.5. The Balaban J connectivity index is 2.45. The maximum absolute atomic E-state index is 11.4. The molecule has 0 aliphatic carbocycles. The normalized spacial score (nSPS) is 11.1. The Morgan fingerprint density at radius 3 is 3.12 bits per heavy atom. The molecule has 0 saturated heterocycles. The van der Waals surface area contributed by atoms with Gasteiger partial charge in [0.15, 0.2) is 0 Å². The van der Waals surface area contributed by atoms with Crippen LogP contribution in [0.2, 0.25) is 5.02 Å². The van der Waals surface area contributed by atoms with E-state index in [1.807, 2.05) is 6.07 Å². The third kappa shape index (κ3) is 2.08. The fourth-order valence-corrected chi connectivity index (χ4v) is 2.23. The van der Waals surface area contributed by atoms with Gasteiger partial charge in [0, 0.05) is 0 Å². The number of anilines is 1. The van der Waals surface area contributed by atoms with Gasteiger partial charge in [-0.15, -0.1) is 11.3 Å². The zero-order valence-electron chi connectivity index (χ0n) is 8.53. The Hall–Kier alpha value is -1.39. The van der Waals surface area contributed by atoms with Gasteiger partial charge in [0.05, 0.1) is 20.9 Å². The molecule has 1 aromatic heterocycles. The number of aromatic nitrogens is 1. The molecule has 0 bridgehead atoms. The summed E-state index contributed by atoms with van der Waals surface area (Å²) in [6.07, 6.45) is 3.12. The summed E-state index contributed by atoms with van der Waals surface area (Å²) >= 11 is 7.54. The van der Waals surface area contributed by atoms with Gasteiger partial charge in [-0.25, -0.2) is 4.98 Å². The van der Waals surface area contributed by atoms with Crippen LogP contribution in [0, 0.1) is 0 Å². The van der Waals surface area contributed by atoms with Gasteiger partial charge >= 0.3 is 0 Å². The Bertz CT molecular complexity index is 562. The van der Waals surface area contributed by atoms with Crippen LogP contribution in [-0.2, 0) is 4.79 Å². The minimum absolute atomic E-state index is 0.204. The van der Waals surface area contributed by atoms with Gasteiger partial charge in [0.25, 0.3) is 0 Å². The van der Waals surface area contributed by atoms with Crippen molar-refractivity contribution < 1.29 is 4.79 Å².